The van der Waals surface area contributed by atoms with E-state index in [1.807, 2.05) is 48.5 Å². The number of nitrogens with zero attached hydrogens (tertiary/aromatic N) is 3. The third kappa shape index (κ3) is 3.54. The molecule has 1 aromatic heterocycles. The summed E-state index contributed by atoms with van der Waals surface area (Å²) in [6.45, 7) is 0. The fourth-order valence-electron chi connectivity index (χ4n) is 2.54. The monoisotopic (exact) mass is 375 g/mol. The maximum absolute atomic E-state index is 11.0. The van der Waals surface area contributed by atoms with Crippen LogP contribution >= 0.6 is 11.3 Å². The summed E-state index contributed by atoms with van der Waals surface area (Å²) >= 11 is 1.63. The Kier molecular flexibility index (Phi) is 4.35. The molecule has 27 heavy (non-hydrogen) atoms. The standard InChI is InChI=1S/C20H13N3O3S/c24-17-10-9-14(11-15(17)20(25)26)23-22-13-7-5-12(6-8-13)19-21-16-3-1-2-4-18(16)27-19/h1-11,24H,(H,25,26). The first-order valence-corrected chi connectivity index (χ1v) is 8.86. The highest BCUT2D eigenvalue weighted by atomic mass is 32.1. The van der Waals surface area contributed by atoms with Crippen molar-refractivity contribution >= 4 is 38.9 Å². The zero-order valence-corrected chi connectivity index (χ0v) is 14.7. The molecule has 0 bridgehead atoms. The van der Waals surface area contributed by atoms with Gasteiger partial charge in [0.1, 0.15) is 16.3 Å². The van der Waals surface area contributed by atoms with Crippen LogP contribution in [0.4, 0.5) is 11.4 Å². The molecular formula is C20H13N3O3S. The number of aromatic carboxylic acids is 1. The summed E-state index contributed by atoms with van der Waals surface area (Å²) in [4.78, 5) is 15.7. The number of hydrogen-bond acceptors (Lipinski definition) is 6. The first-order valence-electron chi connectivity index (χ1n) is 8.04. The van der Waals surface area contributed by atoms with E-state index < -0.39 is 5.97 Å². The lowest BCUT2D eigenvalue weighted by atomic mass is 10.2. The minimum atomic E-state index is -1.22. The number of rotatable bonds is 4. The summed E-state index contributed by atoms with van der Waals surface area (Å²) in [7, 11) is 0. The van der Waals surface area contributed by atoms with Crippen molar-refractivity contribution in [2.75, 3.05) is 0 Å². The Morgan fingerprint density at radius 2 is 1.63 bits per heavy atom. The quantitative estimate of drug-likeness (QED) is 0.442. The van der Waals surface area contributed by atoms with Gasteiger partial charge in [0, 0.05) is 5.56 Å². The molecule has 2 N–H and O–H groups in total. The van der Waals surface area contributed by atoms with Crippen LogP contribution in [0.15, 0.2) is 77.0 Å². The summed E-state index contributed by atoms with van der Waals surface area (Å²) in [5.74, 6) is -1.52. The van der Waals surface area contributed by atoms with E-state index in [4.69, 9.17) is 5.11 Å². The van der Waals surface area contributed by atoms with Crippen LogP contribution in [0, 0.1) is 0 Å². The number of phenols is 1. The maximum Gasteiger partial charge on any atom is 0.339 e. The van der Waals surface area contributed by atoms with Crippen molar-refractivity contribution in [3.05, 3.63) is 72.3 Å². The zero-order valence-electron chi connectivity index (χ0n) is 13.9. The first kappa shape index (κ1) is 16.9. The van der Waals surface area contributed by atoms with Crippen LogP contribution in [0.1, 0.15) is 10.4 Å². The molecule has 7 heteroatoms. The van der Waals surface area contributed by atoms with Crippen molar-refractivity contribution < 1.29 is 15.0 Å². The fraction of sp³-hybridized carbons (Fsp3) is 0. The number of benzene rings is 3. The van der Waals surface area contributed by atoms with Crippen LogP contribution in [-0.4, -0.2) is 21.2 Å². The lowest BCUT2D eigenvalue weighted by Gasteiger charge is -2.00. The van der Waals surface area contributed by atoms with Gasteiger partial charge >= 0.3 is 5.97 Å². The lowest BCUT2D eigenvalue weighted by Crippen LogP contribution is -1.95. The Bertz CT molecular complexity index is 1130. The first-order chi connectivity index (χ1) is 13.1. The predicted molar refractivity (Wildman–Crippen MR) is 104 cm³/mol. The van der Waals surface area contributed by atoms with E-state index in [0.717, 1.165) is 20.8 Å². The molecule has 132 valence electrons. The number of azo groups is 1. The Morgan fingerprint density at radius 3 is 2.37 bits per heavy atom. The second kappa shape index (κ2) is 6.97. The number of aromatic nitrogens is 1. The number of fused-ring (bicyclic) bond motifs is 1. The van der Waals surface area contributed by atoms with Gasteiger partial charge in [0.2, 0.25) is 0 Å². The third-order valence-electron chi connectivity index (χ3n) is 3.90. The number of para-hydroxylation sites is 1. The Balaban J connectivity index is 1.56. The summed E-state index contributed by atoms with van der Waals surface area (Å²) < 4.78 is 1.14. The van der Waals surface area contributed by atoms with E-state index in [-0.39, 0.29) is 11.3 Å². The molecule has 0 aliphatic rings. The molecule has 0 atom stereocenters. The molecular weight excluding hydrogens is 362 g/mol. The van der Waals surface area contributed by atoms with Crippen LogP contribution in [0.25, 0.3) is 20.8 Å². The van der Waals surface area contributed by atoms with Crippen molar-refractivity contribution in [1.82, 2.24) is 4.98 Å². The zero-order chi connectivity index (χ0) is 18.8. The topological polar surface area (TPSA) is 95.1 Å². The molecule has 0 fully saturated rings. The molecule has 0 unspecified atom stereocenters. The molecule has 1 heterocycles. The molecule has 3 aromatic carbocycles. The van der Waals surface area contributed by atoms with E-state index in [2.05, 4.69) is 15.2 Å². The van der Waals surface area contributed by atoms with Crippen molar-refractivity contribution in [3.8, 4) is 16.3 Å². The Labute approximate surface area is 158 Å². The van der Waals surface area contributed by atoms with Gasteiger partial charge in [0.05, 0.1) is 21.6 Å². The average molecular weight is 375 g/mol. The van der Waals surface area contributed by atoms with E-state index in [9.17, 15) is 9.90 Å². The molecule has 4 aromatic rings. The largest absolute Gasteiger partial charge is 0.507 e. The fourth-order valence-corrected chi connectivity index (χ4v) is 3.51. The predicted octanol–water partition coefficient (Wildman–Crippen LogP) is 5.78. The van der Waals surface area contributed by atoms with Crippen LogP contribution in [-0.2, 0) is 0 Å². The number of carboxylic acid groups (broad SMARTS) is 1. The molecule has 0 aliphatic heterocycles. The Hall–Kier alpha value is -3.58. The highest BCUT2D eigenvalue weighted by molar-refractivity contribution is 7.21. The number of aromatic hydroxyl groups is 1. The van der Waals surface area contributed by atoms with Crippen molar-refractivity contribution in [2.45, 2.75) is 0 Å². The van der Waals surface area contributed by atoms with Crippen molar-refractivity contribution in [2.24, 2.45) is 10.2 Å². The normalized spacial score (nSPS) is 11.3. The van der Waals surface area contributed by atoms with Crippen LogP contribution in [0.5, 0.6) is 5.75 Å². The average Bonchev–Trinajstić information content (AvgIpc) is 3.12. The van der Waals surface area contributed by atoms with Gasteiger partial charge in [-0.25, -0.2) is 9.78 Å². The molecule has 0 amide bonds. The number of thiazole rings is 1. The van der Waals surface area contributed by atoms with Gasteiger partial charge in [0.15, 0.2) is 0 Å². The third-order valence-corrected chi connectivity index (χ3v) is 4.99. The second-order valence-corrected chi connectivity index (χ2v) is 6.77. The van der Waals surface area contributed by atoms with Gasteiger partial charge < -0.3 is 10.2 Å². The van der Waals surface area contributed by atoms with Gasteiger partial charge in [0.25, 0.3) is 0 Å². The van der Waals surface area contributed by atoms with Gasteiger partial charge in [-0.2, -0.15) is 10.2 Å². The molecule has 0 saturated heterocycles. The highest BCUT2D eigenvalue weighted by Gasteiger charge is 2.10. The van der Waals surface area contributed by atoms with Gasteiger partial charge in [-0.15, -0.1) is 11.3 Å². The van der Waals surface area contributed by atoms with Gasteiger partial charge in [-0.1, -0.05) is 12.1 Å². The second-order valence-electron chi connectivity index (χ2n) is 5.74. The minimum Gasteiger partial charge on any atom is -0.507 e. The molecule has 0 aliphatic carbocycles. The minimum absolute atomic E-state index is 0.211. The van der Waals surface area contributed by atoms with E-state index in [1.54, 1.807) is 11.3 Å². The van der Waals surface area contributed by atoms with Crippen LogP contribution in [0.2, 0.25) is 0 Å². The lowest BCUT2D eigenvalue weighted by molar-refractivity contribution is 0.0694. The van der Waals surface area contributed by atoms with E-state index in [1.165, 1.54) is 18.2 Å². The van der Waals surface area contributed by atoms with Crippen LogP contribution < -0.4 is 0 Å². The highest BCUT2D eigenvalue weighted by Crippen LogP contribution is 2.31. The molecule has 0 radical (unpaired) electrons. The summed E-state index contributed by atoms with van der Waals surface area (Å²) in [6, 6.07) is 19.5. The SMILES string of the molecule is O=C(O)c1cc(N=Nc2ccc(-c3nc4ccccc4s3)cc2)ccc1O. The maximum atomic E-state index is 11.0. The smallest absolute Gasteiger partial charge is 0.339 e. The molecule has 0 spiro atoms. The Morgan fingerprint density at radius 1 is 0.926 bits per heavy atom. The van der Waals surface area contributed by atoms with E-state index in [0.29, 0.717) is 11.4 Å². The van der Waals surface area contributed by atoms with Crippen LogP contribution in [0.3, 0.4) is 0 Å². The molecule has 0 saturated carbocycles. The summed E-state index contributed by atoms with van der Waals surface area (Å²) in [5.41, 5.74) is 2.73. The number of carbonyl (C=O) groups is 1. The summed E-state index contributed by atoms with van der Waals surface area (Å²) in [6.07, 6.45) is 0. The number of carboxylic acids is 1. The molecule has 4 rings (SSSR count). The molecule has 6 nitrogen and oxygen atoms in total. The number of hydrogen-bond donors (Lipinski definition) is 2. The van der Waals surface area contributed by atoms with Gasteiger partial charge in [-0.3, -0.25) is 0 Å². The van der Waals surface area contributed by atoms with Gasteiger partial charge in [-0.05, 0) is 54.6 Å². The van der Waals surface area contributed by atoms with Crippen molar-refractivity contribution in [1.29, 1.82) is 0 Å². The van der Waals surface area contributed by atoms with Crippen molar-refractivity contribution in [3.63, 3.8) is 0 Å². The summed E-state index contributed by atoms with van der Waals surface area (Å²) in [5, 5.41) is 27.6. The van der Waals surface area contributed by atoms with E-state index >= 15 is 0 Å².